The molecule has 2 saturated carbocycles. The maximum atomic E-state index is 6.33. The van der Waals surface area contributed by atoms with Gasteiger partial charge in [-0.25, -0.2) is 4.98 Å². The van der Waals surface area contributed by atoms with E-state index in [-0.39, 0.29) is 0 Å². The predicted octanol–water partition coefficient (Wildman–Crippen LogP) is 3.55. The molecule has 1 heterocycles. The summed E-state index contributed by atoms with van der Waals surface area (Å²) in [7, 11) is 0. The minimum Gasteiger partial charge on any atom is -0.384 e. The van der Waals surface area contributed by atoms with Gasteiger partial charge in [-0.15, -0.1) is 0 Å². The molecule has 0 aromatic carbocycles. The maximum Gasteiger partial charge on any atom is 0.127 e. The molecule has 2 fully saturated rings. The highest BCUT2D eigenvalue weighted by molar-refractivity contribution is 5.41. The van der Waals surface area contributed by atoms with Gasteiger partial charge < -0.3 is 10.3 Å². The van der Waals surface area contributed by atoms with Crippen LogP contribution < -0.4 is 5.73 Å². The molecule has 0 aliphatic heterocycles. The number of nitrogens with two attached hydrogens (primary N) is 1. The molecule has 2 aliphatic carbocycles. The predicted molar refractivity (Wildman–Crippen MR) is 70.1 cm³/mol. The van der Waals surface area contributed by atoms with Crippen LogP contribution in [0.5, 0.6) is 0 Å². The van der Waals surface area contributed by atoms with E-state index in [0.29, 0.717) is 12.0 Å². The van der Waals surface area contributed by atoms with Crippen LogP contribution >= 0.6 is 0 Å². The number of imidazole rings is 1. The summed E-state index contributed by atoms with van der Waals surface area (Å²) in [6.45, 7) is 2.11. The van der Waals surface area contributed by atoms with Crippen LogP contribution in [0.15, 0.2) is 0 Å². The van der Waals surface area contributed by atoms with Crippen LogP contribution in [-0.2, 0) is 0 Å². The van der Waals surface area contributed by atoms with Gasteiger partial charge in [0.1, 0.15) is 11.6 Å². The molecule has 3 rings (SSSR count). The second-order valence-corrected chi connectivity index (χ2v) is 5.72. The van der Waals surface area contributed by atoms with Gasteiger partial charge >= 0.3 is 0 Å². The second kappa shape index (κ2) is 4.35. The van der Waals surface area contributed by atoms with Gasteiger partial charge in [-0.1, -0.05) is 25.7 Å². The quantitative estimate of drug-likeness (QED) is 0.794. The largest absolute Gasteiger partial charge is 0.384 e. The lowest BCUT2D eigenvalue weighted by Gasteiger charge is -2.12. The molecule has 0 spiro atoms. The van der Waals surface area contributed by atoms with Gasteiger partial charge in [-0.3, -0.25) is 0 Å². The van der Waals surface area contributed by atoms with Gasteiger partial charge in [0.25, 0.3) is 0 Å². The van der Waals surface area contributed by atoms with Gasteiger partial charge in [0.05, 0.1) is 5.69 Å². The normalized spacial score (nSPS) is 22.6. The van der Waals surface area contributed by atoms with Crippen molar-refractivity contribution in [3.05, 3.63) is 11.5 Å². The lowest BCUT2D eigenvalue weighted by molar-refractivity contribution is 0.581. The number of aryl methyl sites for hydroxylation is 1. The van der Waals surface area contributed by atoms with Crippen LogP contribution in [0.4, 0.5) is 5.82 Å². The molecule has 3 heteroatoms. The third-order valence-electron chi connectivity index (χ3n) is 4.31. The molecule has 2 N–H and O–H groups in total. The van der Waals surface area contributed by atoms with E-state index in [1.165, 1.54) is 57.1 Å². The van der Waals surface area contributed by atoms with Crippen molar-refractivity contribution in [3.8, 4) is 0 Å². The van der Waals surface area contributed by atoms with Crippen LogP contribution in [-0.4, -0.2) is 9.55 Å². The van der Waals surface area contributed by atoms with Crippen molar-refractivity contribution in [1.82, 2.24) is 9.55 Å². The number of hydrogen-bond acceptors (Lipinski definition) is 2. The van der Waals surface area contributed by atoms with Crippen molar-refractivity contribution < 1.29 is 0 Å². The fourth-order valence-corrected chi connectivity index (χ4v) is 3.23. The molecular formula is C14H23N3. The van der Waals surface area contributed by atoms with E-state index in [0.717, 1.165) is 11.6 Å². The summed E-state index contributed by atoms with van der Waals surface area (Å²) in [6, 6.07) is 0.655. The summed E-state index contributed by atoms with van der Waals surface area (Å²) in [5.41, 5.74) is 7.53. The Labute approximate surface area is 103 Å². The van der Waals surface area contributed by atoms with Gasteiger partial charge in [-0.05, 0) is 32.6 Å². The Balaban J connectivity index is 1.88. The summed E-state index contributed by atoms with van der Waals surface area (Å²) in [5.74, 6) is 2.72. The van der Waals surface area contributed by atoms with Crippen molar-refractivity contribution in [1.29, 1.82) is 0 Å². The minimum absolute atomic E-state index is 0.621. The monoisotopic (exact) mass is 233 g/mol. The summed E-state index contributed by atoms with van der Waals surface area (Å²) in [5, 5.41) is 0. The van der Waals surface area contributed by atoms with E-state index in [1.807, 2.05) is 0 Å². The zero-order valence-electron chi connectivity index (χ0n) is 10.8. The van der Waals surface area contributed by atoms with Gasteiger partial charge in [0.15, 0.2) is 0 Å². The molecular weight excluding hydrogens is 210 g/mol. The third-order valence-corrected chi connectivity index (χ3v) is 4.31. The molecule has 0 radical (unpaired) electrons. The molecule has 1 aromatic rings. The Morgan fingerprint density at radius 3 is 2.29 bits per heavy atom. The topological polar surface area (TPSA) is 43.8 Å². The average Bonchev–Trinajstić information content (AvgIpc) is 3.10. The van der Waals surface area contributed by atoms with Crippen molar-refractivity contribution in [2.45, 2.75) is 70.3 Å². The fourth-order valence-electron chi connectivity index (χ4n) is 3.23. The Morgan fingerprint density at radius 2 is 1.71 bits per heavy atom. The molecule has 94 valence electrons. The SMILES string of the molecule is Cc1nc(C2CCCCCC2)c(N)n1C1CC1. The highest BCUT2D eigenvalue weighted by atomic mass is 15.2. The number of aromatic nitrogens is 2. The Bertz CT molecular complexity index is 396. The summed E-state index contributed by atoms with van der Waals surface area (Å²) < 4.78 is 2.28. The molecule has 0 saturated heterocycles. The fraction of sp³-hybridized carbons (Fsp3) is 0.786. The number of hydrogen-bond donors (Lipinski definition) is 1. The Kier molecular flexibility index (Phi) is 2.85. The van der Waals surface area contributed by atoms with E-state index in [4.69, 9.17) is 10.7 Å². The van der Waals surface area contributed by atoms with E-state index in [9.17, 15) is 0 Å². The zero-order valence-corrected chi connectivity index (χ0v) is 10.8. The van der Waals surface area contributed by atoms with Crippen molar-refractivity contribution in [2.75, 3.05) is 5.73 Å². The molecule has 0 bridgehead atoms. The summed E-state index contributed by atoms with van der Waals surface area (Å²) in [6.07, 6.45) is 10.6. The van der Waals surface area contributed by atoms with Crippen LogP contribution in [0, 0.1) is 6.92 Å². The van der Waals surface area contributed by atoms with Gasteiger partial charge in [0, 0.05) is 12.0 Å². The lowest BCUT2D eigenvalue weighted by Crippen LogP contribution is -2.05. The third kappa shape index (κ3) is 2.07. The summed E-state index contributed by atoms with van der Waals surface area (Å²) in [4.78, 5) is 4.77. The Morgan fingerprint density at radius 1 is 1.06 bits per heavy atom. The smallest absolute Gasteiger partial charge is 0.127 e. The molecule has 1 aromatic heterocycles. The molecule has 2 aliphatic rings. The molecule has 0 amide bonds. The number of rotatable bonds is 2. The highest BCUT2D eigenvalue weighted by Crippen LogP contribution is 2.41. The maximum absolute atomic E-state index is 6.33. The first-order valence-corrected chi connectivity index (χ1v) is 7.11. The van der Waals surface area contributed by atoms with Crippen molar-refractivity contribution in [3.63, 3.8) is 0 Å². The average molecular weight is 233 g/mol. The molecule has 17 heavy (non-hydrogen) atoms. The van der Waals surface area contributed by atoms with E-state index in [2.05, 4.69) is 11.5 Å². The Hall–Kier alpha value is -0.990. The van der Waals surface area contributed by atoms with E-state index >= 15 is 0 Å². The first-order chi connectivity index (χ1) is 8.27. The summed E-state index contributed by atoms with van der Waals surface area (Å²) >= 11 is 0. The molecule has 0 unspecified atom stereocenters. The molecule has 0 atom stereocenters. The number of anilines is 1. The van der Waals surface area contributed by atoms with Crippen LogP contribution in [0.25, 0.3) is 0 Å². The van der Waals surface area contributed by atoms with Crippen LogP contribution in [0.1, 0.15) is 74.8 Å². The van der Waals surface area contributed by atoms with Gasteiger partial charge in [-0.2, -0.15) is 0 Å². The number of nitrogens with zero attached hydrogens (tertiary/aromatic N) is 2. The number of nitrogen functional groups attached to an aromatic ring is 1. The second-order valence-electron chi connectivity index (χ2n) is 5.72. The van der Waals surface area contributed by atoms with Gasteiger partial charge in [0.2, 0.25) is 0 Å². The van der Waals surface area contributed by atoms with Crippen molar-refractivity contribution in [2.24, 2.45) is 0 Å². The standard InChI is InChI=1S/C14H23N3/c1-10-16-13(11-6-4-2-3-5-7-11)14(15)17(10)12-8-9-12/h11-12H,2-9,15H2,1H3. The first-order valence-electron chi connectivity index (χ1n) is 7.11. The van der Waals surface area contributed by atoms with Crippen LogP contribution in [0.2, 0.25) is 0 Å². The molecule has 3 nitrogen and oxygen atoms in total. The van der Waals surface area contributed by atoms with E-state index in [1.54, 1.807) is 0 Å². The van der Waals surface area contributed by atoms with E-state index < -0.39 is 0 Å². The van der Waals surface area contributed by atoms with Crippen LogP contribution in [0.3, 0.4) is 0 Å². The highest BCUT2D eigenvalue weighted by Gasteiger charge is 2.30. The minimum atomic E-state index is 0.621. The lowest BCUT2D eigenvalue weighted by atomic mass is 9.96. The first kappa shape index (κ1) is 11.1. The van der Waals surface area contributed by atoms with Crippen molar-refractivity contribution >= 4 is 5.82 Å². The zero-order chi connectivity index (χ0) is 11.8.